The number of Topliss-reactive ketones (excluding diaryl/α,β-unsaturated/α-hetero) is 2. The summed E-state index contributed by atoms with van der Waals surface area (Å²) in [5.41, 5.74) is 0. The van der Waals surface area contributed by atoms with Crippen LogP contribution in [0.2, 0.25) is 0 Å². The number of allylic oxidation sites excluding steroid dienone is 1. The van der Waals surface area contributed by atoms with Gasteiger partial charge < -0.3 is 0 Å². The van der Waals surface area contributed by atoms with Crippen molar-refractivity contribution in [3.05, 3.63) is 12.7 Å². The maximum atomic E-state index is 11.3. The molecule has 12 heavy (non-hydrogen) atoms. The van der Waals surface area contributed by atoms with Crippen LogP contribution in [-0.2, 0) is 9.59 Å². The second-order valence-electron chi connectivity index (χ2n) is 3.20. The molecule has 0 bridgehead atoms. The molecule has 1 saturated carbocycles. The first-order valence-corrected chi connectivity index (χ1v) is 4.42. The van der Waals surface area contributed by atoms with Crippen molar-refractivity contribution in [2.24, 2.45) is 5.92 Å². The SMILES string of the molecule is C=CCCC1C(=O)CCCC1=O. The Bertz CT molecular complexity index is 190. The predicted molar refractivity (Wildman–Crippen MR) is 46.8 cm³/mol. The Morgan fingerprint density at radius 3 is 2.42 bits per heavy atom. The molecule has 66 valence electrons. The molecule has 0 aromatic carbocycles. The molecule has 0 amide bonds. The largest absolute Gasteiger partial charge is 0.299 e. The summed E-state index contributed by atoms with van der Waals surface area (Å²) in [4.78, 5) is 22.5. The molecular formula is C10H14O2. The Morgan fingerprint density at radius 1 is 1.33 bits per heavy atom. The summed E-state index contributed by atoms with van der Waals surface area (Å²) >= 11 is 0. The van der Waals surface area contributed by atoms with E-state index in [1.165, 1.54) is 0 Å². The summed E-state index contributed by atoms with van der Waals surface area (Å²) in [7, 11) is 0. The lowest BCUT2D eigenvalue weighted by molar-refractivity contribution is -0.135. The van der Waals surface area contributed by atoms with Crippen molar-refractivity contribution >= 4 is 11.6 Å². The normalized spacial score (nSPS) is 19.7. The third-order valence-electron chi connectivity index (χ3n) is 2.28. The number of hydrogen-bond acceptors (Lipinski definition) is 2. The van der Waals surface area contributed by atoms with E-state index < -0.39 is 0 Å². The van der Waals surface area contributed by atoms with Crippen molar-refractivity contribution in [2.45, 2.75) is 32.1 Å². The fourth-order valence-corrected chi connectivity index (χ4v) is 1.57. The molecule has 0 saturated heterocycles. The smallest absolute Gasteiger partial charge is 0.143 e. The van der Waals surface area contributed by atoms with Gasteiger partial charge in [-0.2, -0.15) is 0 Å². The van der Waals surface area contributed by atoms with E-state index in [1.54, 1.807) is 6.08 Å². The molecule has 0 spiro atoms. The molecule has 0 N–H and O–H groups in total. The monoisotopic (exact) mass is 166 g/mol. The third-order valence-corrected chi connectivity index (χ3v) is 2.28. The molecular weight excluding hydrogens is 152 g/mol. The Balaban J connectivity index is 2.51. The molecule has 1 aliphatic carbocycles. The van der Waals surface area contributed by atoms with Crippen LogP contribution in [0.1, 0.15) is 32.1 Å². The highest BCUT2D eigenvalue weighted by atomic mass is 16.2. The lowest BCUT2D eigenvalue weighted by atomic mass is 9.84. The average Bonchev–Trinajstić information content (AvgIpc) is 2.04. The highest BCUT2D eigenvalue weighted by Gasteiger charge is 2.28. The fraction of sp³-hybridized carbons (Fsp3) is 0.600. The maximum Gasteiger partial charge on any atom is 0.143 e. The lowest BCUT2D eigenvalue weighted by Gasteiger charge is -2.18. The Labute approximate surface area is 72.7 Å². The van der Waals surface area contributed by atoms with Crippen LogP contribution < -0.4 is 0 Å². The zero-order valence-corrected chi connectivity index (χ0v) is 7.21. The van der Waals surface area contributed by atoms with Gasteiger partial charge in [-0.1, -0.05) is 6.08 Å². The van der Waals surface area contributed by atoms with Crippen molar-refractivity contribution in [1.29, 1.82) is 0 Å². The van der Waals surface area contributed by atoms with Crippen LogP contribution in [-0.4, -0.2) is 11.6 Å². The number of carbonyl (C=O) groups excluding carboxylic acids is 2. The molecule has 2 heteroatoms. The molecule has 0 aliphatic heterocycles. The zero-order chi connectivity index (χ0) is 8.97. The molecule has 1 aliphatic rings. The Hall–Kier alpha value is -0.920. The number of ketones is 2. The van der Waals surface area contributed by atoms with Crippen LogP contribution in [0.5, 0.6) is 0 Å². The van der Waals surface area contributed by atoms with E-state index in [0.29, 0.717) is 19.3 Å². The minimum Gasteiger partial charge on any atom is -0.299 e. The van der Waals surface area contributed by atoms with Gasteiger partial charge in [0.25, 0.3) is 0 Å². The number of rotatable bonds is 3. The van der Waals surface area contributed by atoms with E-state index in [9.17, 15) is 9.59 Å². The standard InChI is InChI=1S/C10H14O2/c1-2-3-5-8-9(11)6-4-7-10(8)12/h2,8H,1,3-7H2. The van der Waals surface area contributed by atoms with E-state index in [2.05, 4.69) is 6.58 Å². The van der Waals surface area contributed by atoms with Crippen LogP contribution in [0.4, 0.5) is 0 Å². The molecule has 0 aromatic heterocycles. The van der Waals surface area contributed by atoms with Gasteiger partial charge in [0.05, 0.1) is 5.92 Å². The van der Waals surface area contributed by atoms with Gasteiger partial charge >= 0.3 is 0 Å². The van der Waals surface area contributed by atoms with Gasteiger partial charge in [0, 0.05) is 12.8 Å². The number of hydrogen-bond donors (Lipinski definition) is 0. The predicted octanol–water partition coefficient (Wildman–Crippen LogP) is 1.89. The Morgan fingerprint density at radius 2 is 1.92 bits per heavy atom. The van der Waals surface area contributed by atoms with Crippen LogP contribution in [0.15, 0.2) is 12.7 Å². The van der Waals surface area contributed by atoms with Crippen molar-refractivity contribution in [3.8, 4) is 0 Å². The molecule has 0 heterocycles. The molecule has 0 unspecified atom stereocenters. The topological polar surface area (TPSA) is 34.1 Å². The fourth-order valence-electron chi connectivity index (χ4n) is 1.57. The molecule has 1 rings (SSSR count). The maximum absolute atomic E-state index is 11.3. The van der Waals surface area contributed by atoms with Crippen LogP contribution in [0.25, 0.3) is 0 Å². The molecule has 0 radical (unpaired) electrons. The first kappa shape index (κ1) is 9.17. The van der Waals surface area contributed by atoms with E-state index in [0.717, 1.165) is 12.8 Å². The van der Waals surface area contributed by atoms with Gasteiger partial charge in [0.15, 0.2) is 0 Å². The summed E-state index contributed by atoms with van der Waals surface area (Å²) < 4.78 is 0. The van der Waals surface area contributed by atoms with E-state index in [1.807, 2.05) is 0 Å². The van der Waals surface area contributed by atoms with Gasteiger partial charge in [-0.15, -0.1) is 6.58 Å². The van der Waals surface area contributed by atoms with Crippen LogP contribution in [0.3, 0.4) is 0 Å². The minimum atomic E-state index is -0.309. The summed E-state index contributed by atoms with van der Waals surface area (Å²) in [5.74, 6) is -0.0436. The van der Waals surface area contributed by atoms with Crippen molar-refractivity contribution in [2.75, 3.05) is 0 Å². The minimum absolute atomic E-state index is 0.133. The highest BCUT2D eigenvalue weighted by Crippen LogP contribution is 2.21. The lowest BCUT2D eigenvalue weighted by Crippen LogP contribution is -2.28. The zero-order valence-electron chi connectivity index (χ0n) is 7.21. The quantitative estimate of drug-likeness (QED) is 0.474. The second kappa shape index (κ2) is 4.19. The van der Waals surface area contributed by atoms with Gasteiger partial charge in [0.1, 0.15) is 11.6 Å². The summed E-state index contributed by atoms with van der Waals surface area (Å²) in [6.45, 7) is 3.57. The van der Waals surface area contributed by atoms with Gasteiger partial charge in [0.2, 0.25) is 0 Å². The molecule has 0 aromatic rings. The van der Waals surface area contributed by atoms with Crippen LogP contribution in [0, 0.1) is 5.92 Å². The average molecular weight is 166 g/mol. The summed E-state index contributed by atoms with van der Waals surface area (Å²) in [6, 6.07) is 0. The van der Waals surface area contributed by atoms with Crippen molar-refractivity contribution < 1.29 is 9.59 Å². The second-order valence-corrected chi connectivity index (χ2v) is 3.20. The number of carbonyl (C=O) groups is 2. The summed E-state index contributed by atoms with van der Waals surface area (Å²) in [6.07, 6.45) is 5.13. The molecule has 0 atom stereocenters. The van der Waals surface area contributed by atoms with E-state index >= 15 is 0 Å². The van der Waals surface area contributed by atoms with Gasteiger partial charge in [-0.3, -0.25) is 9.59 Å². The third kappa shape index (κ3) is 2.03. The summed E-state index contributed by atoms with van der Waals surface area (Å²) in [5, 5.41) is 0. The van der Waals surface area contributed by atoms with Gasteiger partial charge in [-0.05, 0) is 19.3 Å². The first-order valence-electron chi connectivity index (χ1n) is 4.42. The van der Waals surface area contributed by atoms with Crippen molar-refractivity contribution in [3.63, 3.8) is 0 Å². The van der Waals surface area contributed by atoms with E-state index in [4.69, 9.17) is 0 Å². The van der Waals surface area contributed by atoms with Crippen molar-refractivity contribution in [1.82, 2.24) is 0 Å². The first-order chi connectivity index (χ1) is 5.75. The Kier molecular flexibility index (Phi) is 3.20. The molecule has 2 nitrogen and oxygen atoms in total. The van der Waals surface area contributed by atoms with E-state index in [-0.39, 0.29) is 17.5 Å². The highest BCUT2D eigenvalue weighted by molar-refractivity contribution is 6.04. The van der Waals surface area contributed by atoms with Crippen LogP contribution >= 0.6 is 0 Å². The van der Waals surface area contributed by atoms with Gasteiger partial charge in [-0.25, -0.2) is 0 Å². The molecule has 1 fully saturated rings.